The van der Waals surface area contributed by atoms with Crippen LogP contribution in [-0.2, 0) is 0 Å². The Kier molecular flexibility index (Phi) is 3.75. The first-order valence-corrected chi connectivity index (χ1v) is 6.45. The molecule has 0 fully saturated rings. The van der Waals surface area contributed by atoms with Crippen molar-refractivity contribution in [3.05, 3.63) is 34.4 Å². The van der Waals surface area contributed by atoms with Gasteiger partial charge in [-0.05, 0) is 18.6 Å². The summed E-state index contributed by atoms with van der Waals surface area (Å²) in [6, 6.07) is 5.53. The van der Waals surface area contributed by atoms with Gasteiger partial charge >= 0.3 is 0 Å². The maximum Gasteiger partial charge on any atom is 0.165 e. The number of hydrogen-bond donors (Lipinski definition) is 2. The molecule has 0 saturated heterocycles. The first-order chi connectivity index (χ1) is 8.74. The number of thiazole rings is 1. The van der Waals surface area contributed by atoms with E-state index in [4.69, 9.17) is 11.0 Å². The van der Waals surface area contributed by atoms with Crippen molar-refractivity contribution in [2.24, 2.45) is 0 Å². The molecule has 0 bridgehead atoms. The summed E-state index contributed by atoms with van der Waals surface area (Å²) in [7, 11) is 0. The molecule has 6 heteroatoms. The number of nitrogen functional groups attached to an aromatic ring is 1. The fourth-order valence-electron chi connectivity index (χ4n) is 1.56. The summed E-state index contributed by atoms with van der Waals surface area (Å²) in [5.74, 6) is 0.641. The summed E-state index contributed by atoms with van der Waals surface area (Å²) in [4.78, 5) is 8.45. The van der Waals surface area contributed by atoms with Gasteiger partial charge in [-0.2, -0.15) is 5.26 Å². The van der Waals surface area contributed by atoms with Gasteiger partial charge < -0.3 is 11.1 Å². The molecule has 2 heterocycles. The first kappa shape index (κ1) is 12.3. The Hall–Kier alpha value is -2.13. The Morgan fingerprint density at radius 2 is 2.39 bits per heavy atom. The van der Waals surface area contributed by atoms with Gasteiger partial charge in [0.2, 0.25) is 0 Å². The highest BCUT2D eigenvalue weighted by Gasteiger charge is 2.12. The van der Waals surface area contributed by atoms with Crippen molar-refractivity contribution in [1.29, 1.82) is 5.26 Å². The lowest BCUT2D eigenvalue weighted by Gasteiger charge is -2.15. The van der Waals surface area contributed by atoms with Crippen molar-refractivity contribution in [2.75, 3.05) is 11.1 Å². The Morgan fingerprint density at radius 1 is 1.56 bits per heavy atom. The molecule has 2 aromatic rings. The lowest BCUT2D eigenvalue weighted by molar-refractivity contribution is 0.737. The highest BCUT2D eigenvalue weighted by Crippen LogP contribution is 2.24. The minimum atomic E-state index is 0.104. The van der Waals surface area contributed by atoms with Crippen LogP contribution >= 0.6 is 11.3 Å². The van der Waals surface area contributed by atoms with Crippen LogP contribution in [0.5, 0.6) is 0 Å². The van der Waals surface area contributed by atoms with Gasteiger partial charge in [-0.15, -0.1) is 11.3 Å². The van der Waals surface area contributed by atoms with Gasteiger partial charge in [-0.3, -0.25) is 0 Å². The molecule has 0 aliphatic heterocycles. The van der Waals surface area contributed by atoms with E-state index in [-0.39, 0.29) is 11.7 Å². The van der Waals surface area contributed by atoms with E-state index in [1.807, 2.05) is 11.4 Å². The Labute approximate surface area is 109 Å². The number of rotatable bonds is 4. The van der Waals surface area contributed by atoms with Crippen molar-refractivity contribution in [3.63, 3.8) is 0 Å². The minimum Gasteiger partial charge on any atom is -0.396 e. The molecule has 18 heavy (non-hydrogen) atoms. The normalized spacial score (nSPS) is 11.8. The van der Waals surface area contributed by atoms with Crippen LogP contribution < -0.4 is 11.1 Å². The molecule has 0 saturated carbocycles. The number of nitriles is 1. The molecule has 3 N–H and O–H groups in total. The van der Waals surface area contributed by atoms with Gasteiger partial charge in [0.05, 0.1) is 11.7 Å². The number of nitrogens with zero attached hydrogens (tertiary/aromatic N) is 3. The summed E-state index contributed by atoms with van der Waals surface area (Å²) < 4.78 is 0. The van der Waals surface area contributed by atoms with Gasteiger partial charge in [0.1, 0.15) is 16.9 Å². The largest absolute Gasteiger partial charge is 0.396 e. The van der Waals surface area contributed by atoms with Crippen LogP contribution in [0.1, 0.15) is 30.1 Å². The van der Waals surface area contributed by atoms with E-state index in [2.05, 4.69) is 22.2 Å². The highest BCUT2D eigenvalue weighted by atomic mass is 32.1. The Morgan fingerprint density at radius 3 is 3.00 bits per heavy atom. The second-order valence-corrected chi connectivity index (χ2v) is 4.65. The average molecular weight is 259 g/mol. The summed E-state index contributed by atoms with van der Waals surface area (Å²) in [5, 5.41) is 15.1. The lowest BCUT2D eigenvalue weighted by Crippen LogP contribution is -2.11. The highest BCUT2D eigenvalue weighted by molar-refractivity contribution is 7.09. The number of nitrogens with one attached hydrogen (secondary N) is 1. The van der Waals surface area contributed by atoms with Gasteiger partial charge in [0.25, 0.3) is 0 Å². The van der Waals surface area contributed by atoms with E-state index < -0.39 is 0 Å². The van der Waals surface area contributed by atoms with E-state index in [0.29, 0.717) is 11.5 Å². The van der Waals surface area contributed by atoms with Crippen molar-refractivity contribution < 1.29 is 0 Å². The molecule has 1 atom stereocenters. The van der Waals surface area contributed by atoms with Crippen LogP contribution in [0.25, 0.3) is 0 Å². The SMILES string of the molecule is CCC(Nc1ccc(N)c(C#N)n1)c1nccs1. The van der Waals surface area contributed by atoms with Gasteiger partial charge in [0.15, 0.2) is 5.69 Å². The number of hydrogen-bond acceptors (Lipinski definition) is 6. The first-order valence-electron chi connectivity index (χ1n) is 5.57. The maximum atomic E-state index is 8.89. The third-order valence-corrected chi connectivity index (χ3v) is 3.40. The zero-order valence-corrected chi connectivity index (χ0v) is 10.7. The molecular weight excluding hydrogens is 246 g/mol. The average Bonchev–Trinajstić information content (AvgIpc) is 2.91. The standard InChI is InChI=1S/C12H13N5S/c1-2-9(12-15-5-6-18-12)16-11-4-3-8(14)10(7-13)17-11/h3-6,9H,2,14H2,1H3,(H,16,17). The number of anilines is 2. The van der Waals surface area contributed by atoms with Gasteiger partial charge in [-0.1, -0.05) is 6.92 Å². The molecule has 0 amide bonds. The molecular formula is C12H13N5S. The summed E-state index contributed by atoms with van der Waals surface area (Å²) >= 11 is 1.60. The van der Waals surface area contributed by atoms with E-state index in [9.17, 15) is 0 Å². The van der Waals surface area contributed by atoms with Crippen molar-refractivity contribution in [2.45, 2.75) is 19.4 Å². The fourth-order valence-corrected chi connectivity index (χ4v) is 2.34. The maximum absolute atomic E-state index is 8.89. The fraction of sp³-hybridized carbons (Fsp3) is 0.250. The zero-order chi connectivity index (χ0) is 13.0. The van der Waals surface area contributed by atoms with E-state index >= 15 is 0 Å². The number of nitrogens with two attached hydrogens (primary N) is 1. The Balaban J connectivity index is 2.20. The third kappa shape index (κ3) is 2.57. The number of aromatic nitrogens is 2. The predicted octanol–water partition coefficient (Wildman–Crippen LogP) is 2.56. The molecule has 0 aliphatic rings. The molecule has 2 aromatic heterocycles. The van der Waals surface area contributed by atoms with Crippen molar-refractivity contribution in [1.82, 2.24) is 9.97 Å². The summed E-state index contributed by atoms with van der Waals surface area (Å²) in [5.41, 5.74) is 6.27. The van der Waals surface area contributed by atoms with Crippen LogP contribution in [0.15, 0.2) is 23.7 Å². The minimum absolute atomic E-state index is 0.104. The van der Waals surface area contributed by atoms with Crippen LogP contribution in [0.2, 0.25) is 0 Å². The monoisotopic (exact) mass is 259 g/mol. The smallest absolute Gasteiger partial charge is 0.165 e. The number of pyridine rings is 1. The summed E-state index contributed by atoms with van der Waals surface area (Å²) in [6.45, 7) is 2.07. The zero-order valence-electron chi connectivity index (χ0n) is 9.92. The quantitative estimate of drug-likeness (QED) is 0.881. The molecule has 0 spiro atoms. The van der Waals surface area contributed by atoms with E-state index in [1.54, 1.807) is 29.7 Å². The van der Waals surface area contributed by atoms with Gasteiger partial charge in [0, 0.05) is 11.6 Å². The van der Waals surface area contributed by atoms with Crippen LogP contribution in [0, 0.1) is 11.3 Å². The van der Waals surface area contributed by atoms with Crippen LogP contribution in [0.3, 0.4) is 0 Å². The molecule has 1 unspecified atom stereocenters. The van der Waals surface area contributed by atoms with Crippen LogP contribution in [0.4, 0.5) is 11.5 Å². The van der Waals surface area contributed by atoms with Crippen molar-refractivity contribution in [3.8, 4) is 6.07 Å². The molecule has 5 nitrogen and oxygen atoms in total. The van der Waals surface area contributed by atoms with Gasteiger partial charge in [-0.25, -0.2) is 9.97 Å². The Bertz CT molecular complexity index is 558. The third-order valence-electron chi connectivity index (χ3n) is 2.51. The lowest BCUT2D eigenvalue weighted by atomic mass is 10.2. The van der Waals surface area contributed by atoms with E-state index in [1.165, 1.54) is 0 Å². The molecule has 0 radical (unpaired) electrons. The molecule has 0 aromatic carbocycles. The second kappa shape index (κ2) is 5.47. The molecule has 2 rings (SSSR count). The van der Waals surface area contributed by atoms with E-state index in [0.717, 1.165) is 11.4 Å². The topological polar surface area (TPSA) is 87.6 Å². The summed E-state index contributed by atoms with van der Waals surface area (Å²) in [6.07, 6.45) is 2.67. The molecule has 92 valence electrons. The predicted molar refractivity (Wildman–Crippen MR) is 72.1 cm³/mol. The van der Waals surface area contributed by atoms with Crippen LogP contribution in [-0.4, -0.2) is 9.97 Å². The van der Waals surface area contributed by atoms with Crippen molar-refractivity contribution >= 4 is 22.8 Å². The second-order valence-electron chi connectivity index (χ2n) is 3.72. The molecule has 0 aliphatic carbocycles.